The van der Waals surface area contributed by atoms with Gasteiger partial charge in [-0.05, 0) is 57.9 Å². The molecule has 3 aromatic rings. The predicted molar refractivity (Wildman–Crippen MR) is 157 cm³/mol. The van der Waals surface area contributed by atoms with Gasteiger partial charge in [0.25, 0.3) is 11.2 Å². The number of aromatic amines is 1. The molecular weight excluding hydrogens is 530 g/mol. The second-order valence-corrected chi connectivity index (χ2v) is 10.6. The van der Waals surface area contributed by atoms with Crippen molar-refractivity contribution in [1.82, 2.24) is 9.97 Å². The Balaban J connectivity index is 1.71. The fraction of sp³-hybridized carbons (Fsp3) is 0.345. The summed E-state index contributed by atoms with van der Waals surface area (Å²) in [4.78, 5) is 47.1. The van der Waals surface area contributed by atoms with Gasteiger partial charge in [-0.3, -0.25) is 14.9 Å². The maximum atomic E-state index is 13.6. The van der Waals surface area contributed by atoms with E-state index in [1.165, 1.54) is 23.9 Å². The van der Waals surface area contributed by atoms with Gasteiger partial charge in [-0.1, -0.05) is 36.0 Å². The molecule has 1 unspecified atom stereocenters. The summed E-state index contributed by atoms with van der Waals surface area (Å²) in [6.45, 7) is 11.3. The van der Waals surface area contributed by atoms with Crippen LogP contribution in [0.4, 0.5) is 17.2 Å². The molecule has 1 aliphatic heterocycles. The summed E-state index contributed by atoms with van der Waals surface area (Å²) in [6, 6.07) is 14.1. The summed E-state index contributed by atoms with van der Waals surface area (Å²) in [7, 11) is 0. The Morgan fingerprint density at radius 2 is 1.77 bits per heavy atom. The Labute approximate surface area is 237 Å². The largest absolute Gasteiger partial charge is 0.460 e. The van der Waals surface area contributed by atoms with Crippen molar-refractivity contribution in [3.8, 4) is 0 Å². The average molecular weight is 564 g/mol. The molecule has 0 spiro atoms. The Hall–Kier alpha value is -4.12. The van der Waals surface area contributed by atoms with Crippen LogP contribution in [0.3, 0.4) is 0 Å². The van der Waals surface area contributed by atoms with Crippen LogP contribution >= 0.6 is 11.8 Å². The first-order valence-corrected chi connectivity index (χ1v) is 14.1. The minimum absolute atomic E-state index is 0.0171. The van der Waals surface area contributed by atoms with E-state index in [1.54, 1.807) is 32.9 Å². The molecule has 40 heavy (non-hydrogen) atoms. The number of nitro groups is 1. The zero-order valence-electron chi connectivity index (χ0n) is 23.2. The van der Waals surface area contributed by atoms with Gasteiger partial charge in [0.15, 0.2) is 5.16 Å². The van der Waals surface area contributed by atoms with Crippen molar-refractivity contribution in [2.45, 2.75) is 57.5 Å². The smallest absolute Gasteiger partial charge is 0.337 e. The van der Waals surface area contributed by atoms with Gasteiger partial charge in [-0.2, -0.15) is 0 Å². The summed E-state index contributed by atoms with van der Waals surface area (Å²) in [5.41, 5.74) is 3.64. The van der Waals surface area contributed by atoms with Crippen LogP contribution < -0.4 is 15.8 Å². The molecule has 0 radical (unpaired) electrons. The second-order valence-electron chi connectivity index (χ2n) is 9.66. The number of fused-ring (bicyclic) bond motifs is 1. The van der Waals surface area contributed by atoms with E-state index in [1.807, 2.05) is 24.3 Å². The Kier molecular flexibility index (Phi) is 8.93. The van der Waals surface area contributed by atoms with E-state index >= 15 is 0 Å². The fourth-order valence-corrected chi connectivity index (χ4v) is 5.53. The highest BCUT2D eigenvalue weighted by Gasteiger charge is 2.36. The maximum absolute atomic E-state index is 13.6. The van der Waals surface area contributed by atoms with Gasteiger partial charge in [0.1, 0.15) is 5.82 Å². The van der Waals surface area contributed by atoms with Crippen LogP contribution in [0, 0.1) is 10.1 Å². The molecule has 0 bridgehead atoms. The number of carbonyl (C=O) groups is 1. The van der Waals surface area contributed by atoms with E-state index in [4.69, 9.17) is 4.74 Å². The van der Waals surface area contributed by atoms with Crippen molar-refractivity contribution >= 4 is 34.9 Å². The third-order valence-corrected chi connectivity index (χ3v) is 7.61. The van der Waals surface area contributed by atoms with Gasteiger partial charge in [-0.15, -0.1) is 0 Å². The summed E-state index contributed by atoms with van der Waals surface area (Å²) in [5, 5.41) is 14.5. The molecule has 0 aliphatic carbocycles. The number of allylic oxidation sites excluding steroid dienone is 1. The number of nitro benzene ring substituents is 1. The number of non-ortho nitro benzene ring substituents is 1. The van der Waals surface area contributed by atoms with Crippen LogP contribution in [0.2, 0.25) is 0 Å². The van der Waals surface area contributed by atoms with Crippen LogP contribution in [-0.2, 0) is 15.3 Å². The van der Waals surface area contributed by atoms with E-state index in [-0.39, 0.29) is 17.4 Å². The number of benzene rings is 2. The lowest BCUT2D eigenvalue weighted by molar-refractivity contribution is -0.384. The molecule has 4 rings (SSSR count). The van der Waals surface area contributed by atoms with Gasteiger partial charge >= 0.3 is 5.97 Å². The molecule has 0 saturated heterocycles. The van der Waals surface area contributed by atoms with E-state index in [9.17, 15) is 19.7 Å². The van der Waals surface area contributed by atoms with Crippen LogP contribution in [0.5, 0.6) is 0 Å². The van der Waals surface area contributed by atoms with Crippen LogP contribution in [0.15, 0.2) is 69.8 Å². The number of hydrogen-bond acceptors (Lipinski definition) is 9. The number of H-pyrrole nitrogens is 1. The topological polar surface area (TPSA) is 130 Å². The van der Waals surface area contributed by atoms with Crippen molar-refractivity contribution < 1.29 is 14.5 Å². The number of nitrogens with one attached hydrogen (secondary N) is 2. The first kappa shape index (κ1) is 28.9. The zero-order valence-corrected chi connectivity index (χ0v) is 24.0. The first-order chi connectivity index (χ1) is 19.1. The standard InChI is InChI=1S/C29H33N5O5S/c1-6-33(7-2)21-14-10-20(11-15-21)24-23(28(36)39-17(3)4)18(5)30-26-25(24)27(35)32-29(31-26)40-16-19-8-12-22(13-9-19)34(37)38/h8-15,17,24H,6-7,16H2,1-5H3,(H2,30,31,32,35). The number of esters is 1. The maximum Gasteiger partial charge on any atom is 0.337 e. The van der Waals surface area contributed by atoms with Gasteiger partial charge in [0.05, 0.1) is 28.1 Å². The molecule has 1 aliphatic rings. The highest BCUT2D eigenvalue weighted by Crippen LogP contribution is 2.41. The second kappa shape index (κ2) is 12.4. The van der Waals surface area contributed by atoms with Gasteiger partial charge in [-0.25, -0.2) is 9.78 Å². The van der Waals surface area contributed by atoms with E-state index in [0.29, 0.717) is 33.6 Å². The first-order valence-electron chi connectivity index (χ1n) is 13.2. The molecule has 0 amide bonds. The van der Waals surface area contributed by atoms with Crippen molar-refractivity contribution in [3.63, 3.8) is 0 Å². The number of nitrogens with zero attached hydrogens (tertiary/aromatic N) is 3. The molecule has 2 N–H and O–H groups in total. The third-order valence-electron chi connectivity index (χ3n) is 6.66. The third kappa shape index (κ3) is 6.20. The van der Waals surface area contributed by atoms with Crippen LogP contribution in [0.25, 0.3) is 0 Å². The zero-order chi connectivity index (χ0) is 29.0. The molecule has 0 fully saturated rings. The Morgan fingerprint density at radius 3 is 2.35 bits per heavy atom. The molecular formula is C29H33N5O5S. The lowest BCUT2D eigenvalue weighted by atomic mass is 9.82. The Morgan fingerprint density at radius 1 is 1.12 bits per heavy atom. The molecule has 2 aromatic carbocycles. The number of hydrogen-bond donors (Lipinski definition) is 2. The predicted octanol–water partition coefficient (Wildman–Crippen LogP) is 5.60. The highest BCUT2D eigenvalue weighted by molar-refractivity contribution is 7.98. The van der Waals surface area contributed by atoms with Crippen molar-refractivity contribution in [1.29, 1.82) is 0 Å². The van der Waals surface area contributed by atoms with Gasteiger partial charge in [0.2, 0.25) is 0 Å². The fourth-order valence-electron chi connectivity index (χ4n) is 4.71. The number of aromatic nitrogens is 2. The number of rotatable bonds is 10. The summed E-state index contributed by atoms with van der Waals surface area (Å²) in [6.07, 6.45) is -0.325. The molecule has 2 heterocycles. The lowest BCUT2D eigenvalue weighted by Crippen LogP contribution is -2.32. The monoisotopic (exact) mass is 563 g/mol. The normalized spacial score (nSPS) is 14.5. The van der Waals surface area contributed by atoms with E-state index < -0.39 is 16.8 Å². The number of carbonyl (C=O) groups excluding carboxylic acids is 1. The Bertz CT molecular complexity index is 1480. The van der Waals surface area contributed by atoms with Gasteiger partial charge in [0, 0.05) is 42.4 Å². The quantitative estimate of drug-likeness (QED) is 0.106. The van der Waals surface area contributed by atoms with Crippen molar-refractivity contribution in [3.05, 3.63) is 97.0 Å². The molecule has 1 atom stereocenters. The summed E-state index contributed by atoms with van der Waals surface area (Å²) in [5.74, 6) is -0.319. The van der Waals surface area contributed by atoms with Gasteiger partial charge < -0.3 is 19.9 Å². The lowest BCUT2D eigenvalue weighted by Gasteiger charge is -2.30. The highest BCUT2D eigenvalue weighted by atomic mass is 32.2. The van der Waals surface area contributed by atoms with Crippen molar-refractivity contribution in [2.24, 2.45) is 0 Å². The van der Waals surface area contributed by atoms with E-state index in [0.717, 1.165) is 29.9 Å². The molecule has 10 nitrogen and oxygen atoms in total. The van der Waals surface area contributed by atoms with E-state index in [2.05, 4.69) is 34.0 Å². The molecule has 11 heteroatoms. The summed E-state index contributed by atoms with van der Waals surface area (Å²) < 4.78 is 5.57. The SMILES string of the molecule is CCN(CC)c1ccc(C2C(C(=O)OC(C)C)=C(C)Nc3nc(SCc4ccc([N+](=O)[O-])cc4)[nH]c(=O)c32)cc1. The van der Waals surface area contributed by atoms with Crippen LogP contribution in [-0.4, -0.2) is 40.1 Å². The minimum Gasteiger partial charge on any atom is -0.460 e. The number of anilines is 2. The summed E-state index contributed by atoms with van der Waals surface area (Å²) >= 11 is 1.31. The average Bonchev–Trinajstić information content (AvgIpc) is 2.92. The number of thioether (sulfide) groups is 1. The molecule has 1 aromatic heterocycles. The minimum atomic E-state index is -0.668. The van der Waals surface area contributed by atoms with Crippen LogP contribution in [0.1, 0.15) is 57.2 Å². The molecule has 0 saturated carbocycles. The molecule has 210 valence electrons. The van der Waals surface area contributed by atoms with Crippen molar-refractivity contribution in [2.75, 3.05) is 23.3 Å². The number of ether oxygens (including phenoxy) is 1.